The van der Waals surface area contributed by atoms with Crippen LogP contribution in [0.1, 0.15) is 40.1 Å². The smallest absolute Gasteiger partial charge is 0.241 e. The molecule has 6 heteroatoms. The number of carbonyl (C=O) groups is 2. The highest BCUT2D eigenvalue weighted by molar-refractivity contribution is 6.50. The standard InChI is InChI=1S/C21H20O6/c1-21(2)10-9-14-16(27-21)11-15(22)17(20(14)26-4)19(24)18(23)12-5-7-13(25-3)8-6-12/h5-11,22H,1-4H3. The number of rotatable bonds is 5. The first kappa shape index (κ1) is 18.5. The van der Waals surface area contributed by atoms with Gasteiger partial charge in [0.25, 0.3) is 0 Å². The van der Waals surface area contributed by atoms with E-state index in [-0.39, 0.29) is 22.6 Å². The predicted molar refractivity (Wildman–Crippen MR) is 100 cm³/mol. The minimum Gasteiger partial charge on any atom is -0.507 e. The quantitative estimate of drug-likeness (QED) is 0.641. The van der Waals surface area contributed by atoms with Gasteiger partial charge in [0.05, 0.1) is 19.8 Å². The van der Waals surface area contributed by atoms with Crippen LogP contribution in [0.4, 0.5) is 0 Å². The largest absolute Gasteiger partial charge is 0.507 e. The zero-order valence-corrected chi connectivity index (χ0v) is 15.5. The predicted octanol–water partition coefficient (Wildman–Crippen LogP) is 3.66. The first-order valence-electron chi connectivity index (χ1n) is 8.32. The maximum Gasteiger partial charge on any atom is 0.241 e. The molecule has 0 fully saturated rings. The van der Waals surface area contributed by atoms with Crippen molar-refractivity contribution in [3.63, 3.8) is 0 Å². The molecule has 0 unspecified atom stereocenters. The number of fused-ring (bicyclic) bond motifs is 1. The van der Waals surface area contributed by atoms with Crippen LogP contribution in [0.15, 0.2) is 36.4 Å². The Labute approximate surface area is 157 Å². The third-order valence-corrected chi connectivity index (χ3v) is 4.28. The highest BCUT2D eigenvalue weighted by Crippen LogP contribution is 2.43. The molecule has 0 aromatic heterocycles. The van der Waals surface area contributed by atoms with E-state index >= 15 is 0 Å². The summed E-state index contributed by atoms with van der Waals surface area (Å²) in [5.41, 5.74) is -0.0621. The molecule has 0 bridgehead atoms. The second-order valence-corrected chi connectivity index (χ2v) is 6.64. The zero-order chi connectivity index (χ0) is 19.8. The number of methoxy groups -OCH3 is 2. The summed E-state index contributed by atoms with van der Waals surface area (Å²) in [6.45, 7) is 3.73. The van der Waals surface area contributed by atoms with Crippen molar-refractivity contribution in [2.24, 2.45) is 0 Å². The van der Waals surface area contributed by atoms with E-state index in [1.165, 1.54) is 32.4 Å². The second kappa shape index (κ2) is 6.79. The van der Waals surface area contributed by atoms with E-state index in [0.717, 1.165) is 0 Å². The number of phenols is 1. The maximum atomic E-state index is 12.8. The highest BCUT2D eigenvalue weighted by atomic mass is 16.5. The van der Waals surface area contributed by atoms with Crippen LogP contribution in [0, 0.1) is 0 Å². The molecule has 1 N–H and O–H groups in total. The summed E-state index contributed by atoms with van der Waals surface area (Å²) in [5, 5.41) is 10.4. The molecule has 1 heterocycles. The van der Waals surface area contributed by atoms with Crippen LogP contribution >= 0.6 is 0 Å². The summed E-state index contributed by atoms with van der Waals surface area (Å²) < 4.78 is 16.2. The van der Waals surface area contributed by atoms with Gasteiger partial charge < -0.3 is 19.3 Å². The molecule has 27 heavy (non-hydrogen) atoms. The third kappa shape index (κ3) is 3.38. The van der Waals surface area contributed by atoms with E-state index in [1.54, 1.807) is 18.2 Å². The Morgan fingerprint density at radius 2 is 1.70 bits per heavy atom. The van der Waals surface area contributed by atoms with Crippen molar-refractivity contribution >= 4 is 17.6 Å². The topological polar surface area (TPSA) is 82.1 Å². The molecule has 1 aliphatic rings. The lowest BCUT2D eigenvalue weighted by atomic mass is 9.94. The molecule has 0 amide bonds. The van der Waals surface area contributed by atoms with E-state index in [2.05, 4.69) is 0 Å². The van der Waals surface area contributed by atoms with Gasteiger partial charge in [-0.1, -0.05) is 0 Å². The van der Waals surface area contributed by atoms with Crippen LogP contribution in [0.2, 0.25) is 0 Å². The van der Waals surface area contributed by atoms with Gasteiger partial charge in [0.2, 0.25) is 11.6 Å². The molecular weight excluding hydrogens is 348 g/mol. The molecule has 0 aliphatic carbocycles. The van der Waals surface area contributed by atoms with Crippen LogP contribution < -0.4 is 14.2 Å². The summed E-state index contributed by atoms with van der Waals surface area (Å²) in [6.07, 6.45) is 3.57. The van der Waals surface area contributed by atoms with Crippen molar-refractivity contribution in [1.82, 2.24) is 0 Å². The van der Waals surface area contributed by atoms with Gasteiger partial charge in [-0.3, -0.25) is 9.59 Å². The average Bonchev–Trinajstić information content (AvgIpc) is 2.65. The van der Waals surface area contributed by atoms with Gasteiger partial charge in [0.1, 0.15) is 34.2 Å². The zero-order valence-electron chi connectivity index (χ0n) is 15.5. The van der Waals surface area contributed by atoms with Crippen molar-refractivity contribution in [1.29, 1.82) is 0 Å². The SMILES string of the molecule is COc1ccc(C(=O)C(=O)c2c(O)cc3c(c2OC)C=CC(C)(C)O3)cc1. The molecule has 0 atom stereocenters. The number of ether oxygens (including phenoxy) is 3. The van der Waals surface area contributed by atoms with Gasteiger partial charge in [-0.2, -0.15) is 0 Å². The number of Topliss-reactive ketones (excluding diaryl/α,β-unsaturated/α-hetero) is 2. The number of hydrogen-bond donors (Lipinski definition) is 1. The molecule has 0 radical (unpaired) electrons. The molecule has 1 aliphatic heterocycles. The maximum absolute atomic E-state index is 12.8. The highest BCUT2D eigenvalue weighted by Gasteiger charge is 2.32. The number of ketones is 2. The van der Waals surface area contributed by atoms with E-state index < -0.39 is 17.2 Å². The summed E-state index contributed by atoms with van der Waals surface area (Å²) in [4.78, 5) is 25.5. The van der Waals surface area contributed by atoms with E-state index in [4.69, 9.17) is 14.2 Å². The van der Waals surface area contributed by atoms with Gasteiger partial charge in [-0.25, -0.2) is 0 Å². The lowest BCUT2D eigenvalue weighted by Gasteiger charge is -2.29. The Hall–Kier alpha value is -3.28. The van der Waals surface area contributed by atoms with Gasteiger partial charge in [0.15, 0.2) is 0 Å². The molecule has 6 nitrogen and oxygen atoms in total. The summed E-state index contributed by atoms with van der Waals surface area (Å²) in [6, 6.07) is 7.49. The Morgan fingerprint density at radius 3 is 2.30 bits per heavy atom. The van der Waals surface area contributed by atoms with Crippen molar-refractivity contribution in [2.75, 3.05) is 14.2 Å². The normalized spacial score (nSPS) is 14.1. The first-order valence-corrected chi connectivity index (χ1v) is 8.32. The number of phenolic OH excluding ortho intramolecular Hbond substituents is 1. The average molecular weight is 368 g/mol. The monoisotopic (exact) mass is 368 g/mol. The van der Waals surface area contributed by atoms with Crippen LogP contribution in [-0.4, -0.2) is 36.5 Å². The summed E-state index contributed by atoms with van der Waals surface area (Å²) >= 11 is 0. The van der Waals surface area contributed by atoms with E-state index in [0.29, 0.717) is 17.1 Å². The van der Waals surface area contributed by atoms with Gasteiger partial charge in [-0.15, -0.1) is 0 Å². The summed E-state index contributed by atoms with van der Waals surface area (Å²) in [5.74, 6) is -0.946. The number of benzene rings is 2. The Kier molecular flexibility index (Phi) is 4.66. The van der Waals surface area contributed by atoms with Crippen LogP contribution in [0.5, 0.6) is 23.0 Å². The Morgan fingerprint density at radius 1 is 1.04 bits per heavy atom. The Balaban J connectivity index is 2.05. The lowest BCUT2D eigenvalue weighted by Crippen LogP contribution is -2.28. The molecule has 0 saturated heterocycles. The molecule has 2 aromatic rings. The van der Waals surface area contributed by atoms with Crippen molar-refractivity contribution < 1.29 is 28.9 Å². The molecule has 2 aromatic carbocycles. The fourth-order valence-corrected chi connectivity index (χ4v) is 2.90. The molecule has 3 rings (SSSR count). The van der Waals surface area contributed by atoms with Crippen molar-refractivity contribution in [2.45, 2.75) is 19.4 Å². The summed E-state index contributed by atoms with van der Waals surface area (Å²) in [7, 11) is 2.88. The van der Waals surface area contributed by atoms with E-state index in [1.807, 2.05) is 19.9 Å². The molecule has 140 valence electrons. The fourth-order valence-electron chi connectivity index (χ4n) is 2.90. The lowest BCUT2D eigenvalue weighted by molar-refractivity contribution is 0.0812. The number of hydrogen-bond acceptors (Lipinski definition) is 6. The minimum absolute atomic E-state index is 0.101. The van der Waals surface area contributed by atoms with Gasteiger partial charge in [0, 0.05) is 11.6 Å². The molecule has 0 spiro atoms. The van der Waals surface area contributed by atoms with Gasteiger partial charge in [-0.05, 0) is 50.3 Å². The van der Waals surface area contributed by atoms with Crippen LogP contribution in [-0.2, 0) is 0 Å². The second-order valence-electron chi connectivity index (χ2n) is 6.64. The Bertz CT molecular complexity index is 938. The molecule has 0 saturated carbocycles. The van der Waals surface area contributed by atoms with Crippen molar-refractivity contribution in [3.8, 4) is 23.0 Å². The fraction of sp³-hybridized carbons (Fsp3) is 0.238. The third-order valence-electron chi connectivity index (χ3n) is 4.28. The van der Waals surface area contributed by atoms with E-state index in [9.17, 15) is 14.7 Å². The number of carbonyl (C=O) groups excluding carboxylic acids is 2. The van der Waals surface area contributed by atoms with Crippen LogP contribution in [0.3, 0.4) is 0 Å². The molecular formula is C21H20O6. The van der Waals surface area contributed by atoms with Crippen LogP contribution in [0.25, 0.3) is 6.08 Å². The van der Waals surface area contributed by atoms with Gasteiger partial charge >= 0.3 is 0 Å². The minimum atomic E-state index is -0.865. The first-order chi connectivity index (χ1) is 12.8. The number of aromatic hydroxyl groups is 1. The van der Waals surface area contributed by atoms with Crippen molar-refractivity contribution in [3.05, 3.63) is 53.1 Å².